The van der Waals surface area contributed by atoms with Gasteiger partial charge in [-0.3, -0.25) is 0 Å². The first kappa shape index (κ1) is 16.5. The van der Waals surface area contributed by atoms with E-state index in [1.807, 2.05) is 47.0 Å². The van der Waals surface area contributed by atoms with Crippen LogP contribution in [0.5, 0.6) is 0 Å². The van der Waals surface area contributed by atoms with Crippen LogP contribution >= 0.6 is 47.0 Å². The first-order chi connectivity index (χ1) is 11.2. The Morgan fingerprint density at radius 1 is 0.565 bits per heavy atom. The topological polar surface area (TPSA) is 36.9 Å². The average Bonchev–Trinajstić information content (AvgIpc) is 3.15. The molecule has 2 fully saturated rings. The Kier molecular flexibility index (Phi) is 4.62. The molecule has 0 aromatic carbocycles. The van der Waals surface area contributed by atoms with Gasteiger partial charge < -0.3 is 18.9 Å². The van der Waals surface area contributed by atoms with Crippen LogP contribution in [0.4, 0.5) is 0 Å². The molecule has 2 heterocycles. The van der Waals surface area contributed by atoms with E-state index in [1.165, 1.54) is 6.42 Å². The van der Waals surface area contributed by atoms with E-state index in [1.54, 1.807) is 28.4 Å². The fraction of sp³-hybridized carbons (Fsp3) is 0.733. The predicted octanol–water partition coefficient (Wildman–Crippen LogP) is 3.91. The standard InChI is InChI=1S/C15H20O4S4/c1-16-12-13(17-2)21-9-7-5-6(8(9)20-12)10-11(7)23-15(19-4)14(18-3)22-10/h6-11H,5H2,1-4H3/t6?,7?,8-,9-,10-,11+/m1/s1. The number of ether oxygens (including phenoxy) is 4. The second-order valence-electron chi connectivity index (χ2n) is 5.86. The number of rotatable bonds is 4. The predicted molar refractivity (Wildman–Crippen MR) is 99.2 cm³/mol. The Bertz CT molecular complexity index is 472. The molecule has 0 radical (unpaired) electrons. The third-order valence-electron chi connectivity index (χ3n) is 4.93. The van der Waals surface area contributed by atoms with Crippen molar-refractivity contribution in [2.75, 3.05) is 28.4 Å². The van der Waals surface area contributed by atoms with Crippen molar-refractivity contribution in [1.29, 1.82) is 0 Å². The maximum atomic E-state index is 5.55. The van der Waals surface area contributed by atoms with E-state index < -0.39 is 0 Å². The molecule has 23 heavy (non-hydrogen) atoms. The monoisotopic (exact) mass is 392 g/mol. The molecule has 2 bridgehead atoms. The summed E-state index contributed by atoms with van der Waals surface area (Å²) in [5, 5.41) is 6.19. The first-order valence-corrected chi connectivity index (χ1v) is 11.0. The van der Waals surface area contributed by atoms with E-state index in [4.69, 9.17) is 18.9 Å². The van der Waals surface area contributed by atoms with Gasteiger partial charge in [0.2, 0.25) is 20.4 Å². The molecule has 2 saturated carbocycles. The molecule has 6 atom stereocenters. The molecule has 0 saturated heterocycles. The molecule has 4 rings (SSSR count). The molecule has 4 nitrogen and oxygen atoms in total. The highest BCUT2D eigenvalue weighted by atomic mass is 32.2. The van der Waals surface area contributed by atoms with Gasteiger partial charge >= 0.3 is 0 Å². The van der Waals surface area contributed by atoms with Crippen molar-refractivity contribution in [2.24, 2.45) is 11.8 Å². The zero-order valence-corrected chi connectivity index (χ0v) is 16.7. The molecular formula is C15H20O4S4. The average molecular weight is 393 g/mol. The van der Waals surface area contributed by atoms with Gasteiger partial charge in [0.25, 0.3) is 0 Å². The van der Waals surface area contributed by atoms with Crippen molar-refractivity contribution < 1.29 is 18.9 Å². The third-order valence-corrected chi connectivity index (χ3v) is 11.5. The van der Waals surface area contributed by atoms with Crippen molar-refractivity contribution in [3.63, 3.8) is 0 Å². The summed E-state index contributed by atoms with van der Waals surface area (Å²) >= 11 is 7.48. The summed E-state index contributed by atoms with van der Waals surface area (Å²) in [6.07, 6.45) is 1.28. The number of fused-ring (bicyclic) bond motifs is 8. The lowest BCUT2D eigenvalue weighted by Gasteiger charge is -2.43. The number of hydrogen-bond acceptors (Lipinski definition) is 8. The molecule has 0 aromatic heterocycles. The molecule has 2 aliphatic carbocycles. The van der Waals surface area contributed by atoms with Crippen LogP contribution in [0.25, 0.3) is 0 Å². The van der Waals surface area contributed by atoms with Gasteiger partial charge in [0, 0.05) is 21.0 Å². The maximum absolute atomic E-state index is 5.55. The molecule has 0 amide bonds. The smallest absolute Gasteiger partial charge is 0.202 e. The van der Waals surface area contributed by atoms with E-state index in [0.717, 1.165) is 20.4 Å². The fourth-order valence-corrected chi connectivity index (χ4v) is 10.7. The number of thioether (sulfide) groups is 4. The van der Waals surface area contributed by atoms with Crippen molar-refractivity contribution in [3.05, 3.63) is 20.4 Å². The molecule has 8 heteroatoms. The van der Waals surface area contributed by atoms with Crippen LogP contribution in [0.1, 0.15) is 6.42 Å². The maximum Gasteiger partial charge on any atom is 0.202 e. The molecule has 0 N–H and O–H groups in total. The van der Waals surface area contributed by atoms with Crippen LogP contribution in [-0.2, 0) is 18.9 Å². The van der Waals surface area contributed by atoms with Crippen LogP contribution in [0.3, 0.4) is 0 Å². The van der Waals surface area contributed by atoms with Crippen molar-refractivity contribution in [3.8, 4) is 0 Å². The summed E-state index contributed by atoms with van der Waals surface area (Å²) in [7, 11) is 6.94. The quantitative estimate of drug-likeness (QED) is 0.713. The summed E-state index contributed by atoms with van der Waals surface area (Å²) in [5.74, 6) is 1.38. The van der Waals surface area contributed by atoms with E-state index in [2.05, 4.69) is 0 Å². The van der Waals surface area contributed by atoms with Crippen molar-refractivity contribution in [1.82, 2.24) is 0 Å². The van der Waals surface area contributed by atoms with Crippen LogP contribution < -0.4 is 0 Å². The highest BCUT2D eigenvalue weighted by Crippen LogP contribution is 2.67. The van der Waals surface area contributed by atoms with Crippen molar-refractivity contribution >= 4 is 47.0 Å². The Hall–Kier alpha value is 0.0800. The van der Waals surface area contributed by atoms with Crippen LogP contribution in [0.2, 0.25) is 0 Å². The zero-order chi connectivity index (χ0) is 16.1. The lowest BCUT2D eigenvalue weighted by molar-refractivity contribution is 0.261. The molecule has 0 aromatic rings. The largest absolute Gasteiger partial charge is 0.487 e. The highest BCUT2D eigenvalue weighted by Gasteiger charge is 2.62. The van der Waals surface area contributed by atoms with E-state index in [9.17, 15) is 0 Å². The first-order valence-electron chi connectivity index (χ1n) is 7.53. The number of methoxy groups -OCH3 is 4. The number of hydrogen-bond donors (Lipinski definition) is 0. The third kappa shape index (κ3) is 2.47. The van der Waals surface area contributed by atoms with E-state index in [-0.39, 0.29) is 0 Å². The summed E-state index contributed by atoms with van der Waals surface area (Å²) in [5.41, 5.74) is 0. The minimum atomic E-state index is 0.607. The summed E-state index contributed by atoms with van der Waals surface area (Å²) in [6.45, 7) is 0. The van der Waals surface area contributed by atoms with Gasteiger partial charge in [-0.1, -0.05) is 47.0 Å². The van der Waals surface area contributed by atoms with Gasteiger partial charge in [-0.25, -0.2) is 0 Å². The highest BCUT2D eigenvalue weighted by molar-refractivity contribution is 8.12. The van der Waals surface area contributed by atoms with Gasteiger partial charge in [-0.2, -0.15) is 0 Å². The van der Waals surface area contributed by atoms with Gasteiger partial charge in [0.1, 0.15) is 0 Å². The van der Waals surface area contributed by atoms with Gasteiger partial charge in [-0.05, 0) is 18.3 Å². The van der Waals surface area contributed by atoms with Crippen LogP contribution in [0.15, 0.2) is 20.4 Å². The Labute approximate surface area is 153 Å². The molecule has 4 aliphatic rings. The lowest BCUT2D eigenvalue weighted by atomic mass is 9.98. The Morgan fingerprint density at radius 2 is 0.826 bits per heavy atom. The second-order valence-corrected chi connectivity index (χ2v) is 10.5. The second kappa shape index (κ2) is 6.42. The molecule has 128 valence electrons. The minimum Gasteiger partial charge on any atom is -0.487 e. The van der Waals surface area contributed by atoms with Crippen LogP contribution in [0, 0.1) is 11.8 Å². The Balaban J connectivity index is 1.61. The summed E-state index contributed by atoms with van der Waals surface area (Å²) in [4.78, 5) is 0. The fourth-order valence-electron chi connectivity index (χ4n) is 4.03. The van der Waals surface area contributed by atoms with Gasteiger partial charge in [0.15, 0.2) is 0 Å². The summed E-state index contributed by atoms with van der Waals surface area (Å²) < 4.78 is 22.2. The normalized spacial score (nSPS) is 41.6. The van der Waals surface area contributed by atoms with Crippen LogP contribution in [-0.4, -0.2) is 49.4 Å². The summed E-state index contributed by atoms with van der Waals surface area (Å²) in [6, 6.07) is 0. The Morgan fingerprint density at radius 3 is 1.04 bits per heavy atom. The molecule has 0 spiro atoms. The molecular weight excluding hydrogens is 372 g/mol. The molecule has 2 aliphatic heterocycles. The zero-order valence-electron chi connectivity index (χ0n) is 13.4. The lowest BCUT2D eigenvalue weighted by Crippen LogP contribution is -2.44. The van der Waals surface area contributed by atoms with Gasteiger partial charge in [-0.15, -0.1) is 0 Å². The molecule has 2 unspecified atom stereocenters. The van der Waals surface area contributed by atoms with Crippen molar-refractivity contribution in [2.45, 2.75) is 27.4 Å². The SMILES string of the molecule is COC1=C(OC)S[C@@H]2C3CC([C@H]2S1)[C@H]1SC(OC)=C(OC)S[C@@H]31. The van der Waals surface area contributed by atoms with E-state index >= 15 is 0 Å². The minimum absolute atomic E-state index is 0.607. The van der Waals surface area contributed by atoms with E-state index in [0.29, 0.717) is 32.8 Å². The van der Waals surface area contributed by atoms with Gasteiger partial charge in [0.05, 0.1) is 28.4 Å².